The van der Waals surface area contributed by atoms with Gasteiger partial charge >= 0.3 is 0 Å². The van der Waals surface area contributed by atoms with Crippen molar-refractivity contribution in [3.05, 3.63) is 46.2 Å². The summed E-state index contributed by atoms with van der Waals surface area (Å²) in [4.78, 5) is 11.3. The first-order chi connectivity index (χ1) is 9.38. The van der Waals surface area contributed by atoms with E-state index >= 15 is 0 Å². The number of halogens is 1. The number of aryl methyl sites for hydroxylation is 2. The quantitative estimate of drug-likeness (QED) is 0.910. The van der Waals surface area contributed by atoms with Crippen molar-refractivity contribution >= 4 is 23.2 Å². The number of primary amides is 1. The molecule has 0 radical (unpaired) electrons. The SMILES string of the molecule is Cc1nn(C)cc1C(C)Nc1ccc(Cl)c(C(N)=O)c1. The van der Waals surface area contributed by atoms with Crippen LogP contribution >= 0.6 is 11.6 Å². The van der Waals surface area contributed by atoms with Crippen molar-refractivity contribution in [1.82, 2.24) is 9.78 Å². The maximum Gasteiger partial charge on any atom is 0.250 e. The number of benzene rings is 1. The number of anilines is 1. The third kappa shape index (κ3) is 2.93. The van der Waals surface area contributed by atoms with Crippen LogP contribution in [0.25, 0.3) is 0 Å². The number of nitrogens with two attached hydrogens (primary N) is 1. The minimum absolute atomic E-state index is 0.0607. The molecule has 2 rings (SSSR count). The molecule has 6 heteroatoms. The average molecular weight is 293 g/mol. The van der Waals surface area contributed by atoms with Crippen LogP contribution < -0.4 is 11.1 Å². The Kier molecular flexibility index (Phi) is 3.99. The topological polar surface area (TPSA) is 72.9 Å². The van der Waals surface area contributed by atoms with E-state index in [1.54, 1.807) is 16.8 Å². The third-order valence-electron chi connectivity index (χ3n) is 3.13. The molecule has 0 aliphatic rings. The van der Waals surface area contributed by atoms with Crippen LogP contribution in [0, 0.1) is 6.92 Å². The Hall–Kier alpha value is -2.01. The molecule has 1 amide bonds. The number of carbonyl (C=O) groups excluding carboxylic acids is 1. The molecule has 3 N–H and O–H groups in total. The van der Waals surface area contributed by atoms with Crippen LogP contribution in [0.4, 0.5) is 5.69 Å². The van der Waals surface area contributed by atoms with E-state index in [4.69, 9.17) is 17.3 Å². The van der Waals surface area contributed by atoms with E-state index in [2.05, 4.69) is 10.4 Å². The molecule has 20 heavy (non-hydrogen) atoms. The highest BCUT2D eigenvalue weighted by atomic mass is 35.5. The predicted octanol–water partition coefficient (Wildman–Crippen LogP) is 2.65. The molecule has 0 saturated heterocycles. The maximum atomic E-state index is 11.3. The van der Waals surface area contributed by atoms with Gasteiger partial charge in [-0.3, -0.25) is 9.48 Å². The number of carbonyl (C=O) groups is 1. The fourth-order valence-corrected chi connectivity index (χ4v) is 2.39. The fraction of sp³-hybridized carbons (Fsp3) is 0.286. The van der Waals surface area contributed by atoms with Crippen molar-refractivity contribution < 1.29 is 4.79 Å². The zero-order valence-corrected chi connectivity index (χ0v) is 12.4. The summed E-state index contributed by atoms with van der Waals surface area (Å²) in [6, 6.07) is 5.20. The van der Waals surface area contributed by atoms with Crippen LogP contribution in [0.2, 0.25) is 5.02 Å². The number of aromatic nitrogens is 2. The second-order valence-electron chi connectivity index (χ2n) is 4.77. The zero-order valence-electron chi connectivity index (χ0n) is 11.6. The molecule has 0 aliphatic heterocycles. The summed E-state index contributed by atoms with van der Waals surface area (Å²) >= 11 is 5.93. The summed E-state index contributed by atoms with van der Waals surface area (Å²) in [5, 5.41) is 7.99. The van der Waals surface area contributed by atoms with E-state index in [9.17, 15) is 4.79 Å². The number of nitrogens with zero attached hydrogens (tertiary/aromatic N) is 2. The van der Waals surface area contributed by atoms with Crippen LogP contribution in [0.15, 0.2) is 24.4 Å². The van der Waals surface area contributed by atoms with Gasteiger partial charge in [0.25, 0.3) is 0 Å². The molecule has 1 unspecified atom stereocenters. The lowest BCUT2D eigenvalue weighted by atomic mass is 10.1. The van der Waals surface area contributed by atoms with E-state index in [0.29, 0.717) is 10.6 Å². The fourth-order valence-electron chi connectivity index (χ4n) is 2.17. The molecule has 0 aliphatic carbocycles. The Morgan fingerprint density at radius 2 is 2.20 bits per heavy atom. The van der Waals surface area contributed by atoms with E-state index in [0.717, 1.165) is 16.9 Å². The van der Waals surface area contributed by atoms with Crippen molar-refractivity contribution in [3.63, 3.8) is 0 Å². The highest BCUT2D eigenvalue weighted by molar-refractivity contribution is 6.33. The minimum Gasteiger partial charge on any atom is -0.378 e. The summed E-state index contributed by atoms with van der Waals surface area (Å²) in [5.74, 6) is -0.538. The van der Waals surface area contributed by atoms with Gasteiger partial charge in [0.1, 0.15) is 0 Å². The first-order valence-corrected chi connectivity index (χ1v) is 6.62. The second-order valence-corrected chi connectivity index (χ2v) is 5.18. The summed E-state index contributed by atoms with van der Waals surface area (Å²) in [5.41, 5.74) is 8.46. The summed E-state index contributed by atoms with van der Waals surface area (Å²) in [7, 11) is 1.89. The molecule has 1 aromatic carbocycles. The highest BCUT2D eigenvalue weighted by Crippen LogP contribution is 2.25. The van der Waals surface area contributed by atoms with Gasteiger partial charge in [0, 0.05) is 24.5 Å². The van der Waals surface area contributed by atoms with Crippen molar-refractivity contribution in [3.8, 4) is 0 Å². The van der Waals surface area contributed by atoms with Gasteiger partial charge in [0.15, 0.2) is 0 Å². The van der Waals surface area contributed by atoms with E-state index in [1.807, 2.05) is 33.2 Å². The lowest BCUT2D eigenvalue weighted by Gasteiger charge is -2.15. The van der Waals surface area contributed by atoms with Gasteiger partial charge in [0.05, 0.1) is 22.3 Å². The van der Waals surface area contributed by atoms with E-state index in [1.165, 1.54) is 0 Å². The first-order valence-electron chi connectivity index (χ1n) is 6.24. The molecular weight excluding hydrogens is 276 g/mol. The summed E-state index contributed by atoms with van der Waals surface area (Å²) in [6.45, 7) is 3.99. The highest BCUT2D eigenvalue weighted by Gasteiger charge is 2.13. The average Bonchev–Trinajstić information content (AvgIpc) is 2.70. The molecule has 0 fully saturated rings. The van der Waals surface area contributed by atoms with E-state index < -0.39 is 5.91 Å². The molecule has 106 valence electrons. The number of hydrogen-bond acceptors (Lipinski definition) is 3. The first kappa shape index (κ1) is 14.4. The van der Waals surface area contributed by atoms with Crippen LogP contribution in [0.3, 0.4) is 0 Å². The van der Waals surface area contributed by atoms with Gasteiger partial charge in [0.2, 0.25) is 5.91 Å². The molecule has 5 nitrogen and oxygen atoms in total. The standard InChI is InChI=1S/C14H17ClN4O/c1-8(12-7-19(3)18-9(12)2)17-10-4-5-13(15)11(6-10)14(16)20/h4-8,17H,1-3H3,(H2,16,20). The largest absolute Gasteiger partial charge is 0.378 e. The molecular formula is C14H17ClN4O. The molecule has 1 atom stereocenters. The summed E-state index contributed by atoms with van der Waals surface area (Å²) < 4.78 is 1.78. The molecule has 1 aromatic heterocycles. The number of rotatable bonds is 4. The smallest absolute Gasteiger partial charge is 0.250 e. The van der Waals surface area contributed by atoms with Crippen molar-refractivity contribution in [2.75, 3.05) is 5.32 Å². The Balaban J connectivity index is 2.24. The Bertz CT molecular complexity index is 651. The molecule has 0 spiro atoms. The van der Waals surface area contributed by atoms with Crippen LogP contribution in [0.1, 0.15) is 34.6 Å². The normalized spacial score (nSPS) is 12.2. The van der Waals surface area contributed by atoms with Gasteiger partial charge in [-0.15, -0.1) is 0 Å². The lowest BCUT2D eigenvalue weighted by molar-refractivity contribution is 0.100. The van der Waals surface area contributed by atoms with Gasteiger partial charge in [-0.25, -0.2) is 0 Å². The Morgan fingerprint density at radius 3 is 2.75 bits per heavy atom. The van der Waals surface area contributed by atoms with Gasteiger partial charge in [-0.1, -0.05) is 11.6 Å². The van der Waals surface area contributed by atoms with Crippen LogP contribution in [-0.2, 0) is 7.05 Å². The van der Waals surface area contributed by atoms with Gasteiger partial charge < -0.3 is 11.1 Å². The molecule has 2 aromatic rings. The number of hydrogen-bond donors (Lipinski definition) is 2. The van der Waals surface area contributed by atoms with E-state index in [-0.39, 0.29) is 6.04 Å². The number of nitrogens with one attached hydrogen (secondary N) is 1. The monoisotopic (exact) mass is 292 g/mol. The molecule has 0 bridgehead atoms. The zero-order chi connectivity index (χ0) is 14.9. The third-order valence-corrected chi connectivity index (χ3v) is 3.46. The van der Waals surface area contributed by atoms with Gasteiger partial charge in [-0.05, 0) is 32.0 Å². The lowest BCUT2D eigenvalue weighted by Crippen LogP contribution is -2.13. The molecule has 0 saturated carbocycles. The minimum atomic E-state index is -0.538. The molecule has 1 heterocycles. The van der Waals surface area contributed by atoms with Gasteiger partial charge in [-0.2, -0.15) is 5.10 Å². The van der Waals surface area contributed by atoms with Crippen molar-refractivity contribution in [2.24, 2.45) is 12.8 Å². The second kappa shape index (κ2) is 5.54. The Labute approximate surface area is 122 Å². The van der Waals surface area contributed by atoms with Crippen LogP contribution in [-0.4, -0.2) is 15.7 Å². The van der Waals surface area contributed by atoms with Crippen LogP contribution in [0.5, 0.6) is 0 Å². The number of amides is 1. The van der Waals surface area contributed by atoms with Crippen molar-refractivity contribution in [2.45, 2.75) is 19.9 Å². The maximum absolute atomic E-state index is 11.3. The summed E-state index contributed by atoms with van der Waals surface area (Å²) in [6.07, 6.45) is 1.97. The Morgan fingerprint density at radius 1 is 1.50 bits per heavy atom. The predicted molar refractivity (Wildman–Crippen MR) is 80.0 cm³/mol. The van der Waals surface area contributed by atoms with Crippen molar-refractivity contribution in [1.29, 1.82) is 0 Å².